The molecule has 0 aromatic heterocycles. The van der Waals surface area contributed by atoms with E-state index in [0.29, 0.717) is 12.3 Å². The molecule has 178 valence electrons. The molecule has 3 rings (SSSR count). The maximum Gasteiger partial charge on any atom is 0.242 e. The number of carbonyl (C=O) groups is 2. The van der Waals surface area contributed by atoms with Crippen molar-refractivity contribution in [3.8, 4) is 5.75 Å². The van der Waals surface area contributed by atoms with Crippen LogP contribution >= 0.6 is 11.8 Å². The third-order valence-corrected chi connectivity index (χ3v) is 7.15. The maximum atomic E-state index is 13.3. The molecule has 0 heterocycles. The Labute approximate surface area is 202 Å². The largest absolute Gasteiger partial charge is 0.497 e. The van der Waals surface area contributed by atoms with Gasteiger partial charge in [-0.1, -0.05) is 54.3 Å². The van der Waals surface area contributed by atoms with E-state index in [4.69, 9.17) is 4.74 Å². The number of hydrogen-bond acceptors (Lipinski definition) is 4. The van der Waals surface area contributed by atoms with Crippen LogP contribution in [0.25, 0.3) is 0 Å². The van der Waals surface area contributed by atoms with Crippen molar-refractivity contribution < 1.29 is 14.3 Å². The van der Waals surface area contributed by atoms with Gasteiger partial charge in [0.1, 0.15) is 11.8 Å². The summed E-state index contributed by atoms with van der Waals surface area (Å²) >= 11 is 1.60. The van der Waals surface area contributed by atoms with E-state index in [1.807, 2.05) is 31.2 Å². The van der Waals surface area contributed by atoms with Gasteiger partial charge in [0.25, 0.3) is 0 Å². The van der Waals surface area contributed by atoms with Gasteiger partial charge in [0.2, 0.25) is 11.8 Å². The number of methoxy groups -OCH3 is 1. The molecule has 1 aliphatic carbocycles. The molecule has 2 aromatic carbocycles. The van der Waals surface area contributed by atoms with Gasteiger partial charge < -0.3 is 15.0 Å². The fraction of sp³-hybridized carbons (Fsp3) is 0.481. The Balaban J connectivity index is 1.66. The van der Waals surface area contributed by atoms with E-state index in [0.717, 1.165) is 42.7 Å². The second kappa shape index (κ2) is 12.1. The predicted molar refractivity (Wildman–Crippen MR) is 135 cm³/mol. The Morgan fingerprint density at radius 3 is 2.30 bits per heavy atom. The van der Waals surface area contributed by atoms with Crippen LogP contribution in [0.5, 0.6) is 5.75 Å². The third kappa shape index (κ3) is 7.53. The molecule has 1 saturated carbocycles. The molecule has 0 bridgehead atoms. The summed E-state index contributed by atoms with van der Waals surface area (Å²) in [6, 6.07) is 13.9. The predicted octanol–water partition coefficient (Wildman–Crippen LogP) is 5.02. The lowest BCUT2D eigenvalue weighted by atomic mass is 10.1. The van der Waals surface area contributed by atoms with Crippen LogP contribution in [0.3, 0.4) is 0 Å². The van der Waals surface area contributed by atoms with Gasteiger partial charge in [-0.05, 0) is 56.9 Å². The van der Waals surface area contributed by atoms with Crippen molar-refractivity contribution in [3.63, 3.8) is 0 Å². The van der Waals surface area contributed by atoms with Crippen molar-refractivity contribution in [3.05, 3.63) is 64.7 Å². The van der Waals surface area contributed by atoms with Gasteiger partial charge in [0.15, 0.2) is 0 Å². The molecule has 1 fully saturated rings. The number of benzene rings is 2. The fourth-order valence-corrected chi connectivity index (χ4v) is 5.24. The van der Waals surface area contributed by atoms with Gasteiger partial charge in [-0.15, -0.1) is 11.8 Å². The van der Waals surface area contributed by atoms with Gasteiger partial charge in [0.05, 0.1) is 12.9 Å². The monoisotopic (exact) mass is 468 g/mol. The van der Waals surface area contributed by atoms with Crippen LogP contribution in [-0.4, -0.2) is 41.7 Å². The Bertz CT molecular complexity index is 919. The lowest BCUT2D eigenvalue weighted by Gasteiger charge is -2.29. The number of rotatable bonds is 10. The number of ether oxygens (including phenoxy) is 1. The van der Waals surface area contributed by atoms with Crippen molar-refractivity contribution >= 4 is 23.6 Å². The first-order valence-electron chi connectivity index (χ1n) is 11.7. The molecule has 6 heteroatoms. The summed E-state index contributed by atoms with van der Waals surface area (Å²) in [5.41, 5.74) is 4.66. The van der Waals surface area contributed by atoms with E-state index in [1.54, 1.807) is 23.8 Å². The van der Waals surface area contributed by atoms with E-state index in [9.17, 15) is 9.59 Å². The minimum Gasteiger partial charge on any atom is -0.497 e. The molecule has 0 spiro atoms. The quantitative estimate of drug-likeness (QED) is 0.532. The van der Waals surface area contributed by atoms with E-state index in [-0.39, 0.29) is 17.9 Å². The number of hydrogen-bond donors (Lipinski definition) is 1. The zero-order chi connectivity index (χ0) is 23.8. The second-order valence-corrected chi connectivity index (χ2v) is 10.0. The van der Waals surface area contributed by atoms with Crippen LogP contribution in [0, 0.1) is 13.8 Å². The minimum absolute atomic E-state index is 0.0192. The minimum atomic E-state index is -0.526. The summed E-state index contributed by atoms with van der Waals surface area (Å²) in [5, 5.41) is 3.15. The molecular formula is C27H36N2O3S. The highest BCUT2D eigenvalue weighted by molar-refractivity contribution is 7.99. The molecule has 0 aliphatic heterocycles. The Hall–Kier alpha value is -2.47. The van der Waals surface area contributed by atoms with E-state index in [2.05, 4.69) is 37.4 Å². The van der Waals surface area contributed by atoms with Crippen molar-refractivity contribution in [2.24, 2.45) is 0 Å². The van der Waals surface area contributed by atoms with Gasteiger partial charge in [0, 0.05) is 18.3 Å². The van der Waals surface area contributed by atoms with Crippen molar-refractivity contribution in [1.82, 2.24) is 10.2 Å². The first-order chi connectivity index (χ1) is 15.9. The average molecular weight is 469 g/mol. The topological polar surface area (TPSA) is 58.6 Å². The van der Waals surface area contributed by atoms with E-state index in [1.165, 1.54) is 16.7 Å². The zero-order valence-corrected chi connectivity index (χ0v) is 21.0. The van der Waals surface area contributed by atoms with Crippen LogP contribution in [0.4, 0.5) is 0 Å². The Morgan fingerprint density at radius 1 is 1.06 bits per heavy atom. The zero-order valence-electron chi connectivity index (χ0n) is 20.2. The van der Waals surface area contributed by atoms with Gasteiger partial charge in [-0.2, -0.15) is 0 Å². The lowest BCUT2D eigenvalue weighted by Crippen LogP contribution is -2.50. The van der Waals surface area contributed by atoms with Gasteiger partial charge >= 0.3 is 0 Å². The molecule has 33 heavy (non-hydrogen) atoms. The number of thioether (sulfide) groups is 1. The van der Waals surface area contributed by atoms with E-state index < -0.39 is 6.04 Å². The highest BCUT2D eigenvalue weighted by Gasteiger charge is 2.28. The Morgan fingerprint density at radius 2 is 1.70 bits per heavy atom. The van der Waals surface area contributed by atoms with Crippen LogP contribution in [-0.2, 0) is 21.9 Å². The summed E-state index contributed by atoms with van der Waals surface area (Å²) < 4.78 is 5.25. The highest BCUT2D eigenvalue weighted by atomic mass is 32.2. The number of amides is 2. The lowest BCUT2D eigenvalue weighted by molar-refractivity contribution is -0.138. The van der Waals surface area contributed by atoms with Crippen molar-refractivity contribution in [2.75, 3.05) is 12.9 Å². The summed E-state index contributed by atoms with van der Waals surface area (Å²) in [7, 11) is 1.63. The number of aryl methyl sites for hydroxylation is 2. The van der Waals surface area contributed by atoms with Gasteiger partial charge in [-0.3, -0.25) is 9.59 Å². The summed E-state index contributed by atoms with van der Waals surface area (Å²) in [6.07, 6.45) is 4.36. The standard InChI is InChI=1S/C27H36N2O3S/c1-19-13-20(2)15-23(14-19)17-33-18-26(30)29(16-22-9-11-25(32-4)12-10-22)21(3)27(31)28-24-7-5-6-8-24/h9-15,21,24H,5-8,16-18H2,1-4H3,(H,28,31)/t21-/m0/s1. The fourth-order valence-electron chi connectivity index (χ4n) is 4.39. The number of nitrogens with zero attached hydrogens (tertiary/aromatic N) is 1. The van der Waals surface area contributed by atoms with Crippen molar-refractivity contribution in [2.45, 2.75) is 70.8 Å². The van der Waals surface area contributed by atoms with Crippen LogP contribution < -0.4 is 10.1 Å². The van der Waals surface area contributed by atoms with Crippen LogP contribution in [0.2, 0.25) is 0 Å². The molecule has 0 saturated heterocycles. The van der Waals surface area contributed by atoms with E-state index >= 15 is 0 Å². The maximum absolute atomic E-state index is 13.3. The second-order valence-electron chi connectivity index (χ2n) is 9.02. The first-order valence-corrected chi connectivity index (χ1v) is 12.9. The summed E-state index contributed by atoms with van der Waals surface area (Å²) in [6.45, 7) is 6.41. The van der Waals surface area contributed by atoms with Crippen molar-refractivity contribution in [1.29, 1.82) is 0 Å². The molecule has 2 amide bonds. The molecule has 2 aromatic rings. The molecule has 1 atom stereocenters. The van der Waals surface area contributed by atoms with Gasteiger partial charge in [-0.25, -0.2) is 0 Å². The molecule has 1 aliphatic rings. The molecule has 0 radical (unpaired) electrons. The summed E-state index contributed by atoms with van der Waals surface area (Å²) in [4.78, 5) is 28.0. The molecule has 1 N–H and O–H groups in total. The molecule has 0 unspecified atom stereocenters. The normalized spacial score (nSPS) is 14.7. The highest BCUT2D eigenvalue weighted by Crippen LogP contribution is 2.21. The van der Waals surface area contributed by atoms with Crippen LogP contribution in [0.1, 0.15) is 54.9 Å². The molecular weight excluding hydrogens is 432 g/mol. The smallest absolute Gasteiger partial charge is 0.242 e. The molecule has 5 nitrogen and oxygen atoms in total. The average Bonchev–Trinajstić information content (AvgIpc) is 3.29. The summed E-state index contributed by atoms with van der Waals surface area (Å²) in [5.74, 6) is 1.79. The first kappa shape index (κ1) is 25.2. The van der Waals surface area contributed by atoms with Crippen LogP contribution in [0.15, 0.2) is 42.5 Å². The third-order valence-electron chi connectivity index (χ3n) is 6.16. The number of carbonyl (C=O) groups excluding carboxylic acids is 2. The number of nitrogens with one attached hydrogen (secondary N) is 1. The Kier molecular flexibility index (Phi) is 9.24. The SMILES string of the molecule is COc1ccc(CN(C(=O)CSCc2cc(C)cc(C)c2)[C@@H](C)C(=O)NC2CCCC2)cc1.